The molecule has 2 bridgehead atoms. The molecule has 1 saturated carbocycles. The van der Waals surface area contributed by atoms with Gasteiger partial charge in [0.25, 0.3) is 0 Å². The molecule has 2 rings (SSSR count). The van der Waals surface area contributed by atoms with Crippen LogP contribution in [0, 0.1) is 17.8 Å². The highest BCUT2D eigenvalue weighted by atomic mass is 16.5. The molecule has 1 heterocycles. The second kappa shape index (κ2) is 11.8. The Morgan fingerprint density at radius 2 is 2.00 bits per heavy atom. The third-order valence-electron chi connectivity index (χ3n) is 6.25. The summed E-state index contributed by atoms with van der Waals surface area (Å²) < 4.78 is 5.95. The Hall–Kier alpha value is -0.870. The minimum atomic E-state index is -0.698. The van der Waals surface area contributed by atoms with E-state index in [9.17, 15) is 9.90 Å². The van der Waals surface area contributed by atoms with Crippen LogP contribution in [0.15, 0.2) is 12.2 Å². The summed E-state index contributed by atoms with van der Waals surface area (Å²) in [5.74, 6) is 1.30. The average Bonchev–Trinajstić information content (AvgIpc) is 3.20. The first kappa shape index (κ1) is 21.4. The molecule has 150 valence electrons. The smallest absolute Gasteiger partial charge is 0.303 e. The zero-order valence-corrected chi connectivity index (χ0v) is 16.4. The van der Waals surface area contributed by atoms with Crippen LogP contribution in [-0.4, -0.2) is 35.0 Å². The molecule has 5 unspecified atom stereocenters. The number of carboxylic acid groups (broad SMARTS) is 1. The number of hydrogen-bond donors (Lipinski definition) is 2. The van der Waals surface area contributed by atoms with Crippen LogP contribution in [0.1, 0.15) is 84.0 Å². The molecule has 0 aromatic carbocycles. The summed E-state index contributed by atoms with van der Waals surface area (Å²) >= 11 is 0. The molecule has 0 aromatic heterocycles. The maximum Gasteiger partial charge on any atom is 0.303 e. The number of allylic oxidation sites excluding steroid dienone is 2. The highest BCUT2D eigenvalue weighted by Gasteiger charge is 2.47. The molecule has 4 heteroatoms. The lowest BCUT2D eigenvalue weighted by atomic mass is 9.81. The first-order valence-electron chi connectivity index (χ1n) is 10.8. The number of carboxylic acids is 1. The Morgan fingerprint density at radius 1 is 1.15 bits per heavy atom. The lowest BCUT2D eigenvalue weighted by Crippen LogP contribution is -2.29. The van der Waals surface area contributed by atoms with Crippen molar-refractivity contribution in [1.82, 2.24) is 0 Å². The van der Waals surface area contributed by atoms with Crippen molar-refractivity contribution in [2.24, 2.45) is 17.8 Å². The highest BCUT2D eigenvalue weighted by Crippen LogP contribution is 2.48. The minimum Gasteiger partial charge on any atom is -0.481 e. The van der Waals surface area contributed by atoms with E-state index in [1.807, 2.05) is 0 Å². The zero-order chi connectivity index (χ0) is 18.8. The van der Waals surface area contributed by atoms with Gasteiger partial charge in [0, 0.05) is 6.42 Å². The average molecular weight is 367 g/mol. The van der Waals surface area contributed by atoms with E-state index in [1.165, 1.54) is 19.3 Å². The quantitative estimate of drug-likeness (QED) is 0.337. The van der Waals surface area contributed by atoms with Gasteiger partial charge in [-0.25, -0.2) is 0 Å². The fraction of sp³-hybridized carbons (Fsp3) is 0.864. The summed E-state index contributed by atoms with van der Waals surface area (Å²) in [4.78, 5) is 10.5. The van der Waals surface area contributed by atoms with E-state index in [0.29, 0.717) is 23.9 Å². The van der Waals surface area contributed by atoms with Crippen molar-refractivity contribution in [2.75, 3.05) is 6.61 Å². The van der Waals surface area contributed by atoms with Crippen molar-refractivity contribution in [3.63, 3.8) is 0 Å². The number of aliphatic hydroxyl groups excluding tert-OH is 1. The van der Waals surface area contributed by atoms with Crippen LogP contribution >= 0.6 is 0 Å². The maximum absolute atomic E-state index is 10.5. The van der Waals surface area contributed by atoms with Crippen LogP contribution in [0.2, 0.25) is 0 Å². The van der Waals surface area contributed by atoms with Gasteiger partial charge in [0.1, 0.15) is 0 Å². The molecular weight excluding hydrogens is 328 g/mol. The largest absolute Gasteiger partial charge is 0.481 e. The van der Waals surface area contributed by atoms with Gasteiger partial charge < -0.3 is 14.9 Å². The molecule has 2 aliphatic rings. The van der Waals surface area contributed by atoms with Crippen molar-refractivity contribution in [1.29, 1.82) is 0 Å². The standard InChI is InChI=1S/C22H38O4/c1-2-3-7-10-18(23)13-14-20-19(17-15-21(20)26-16-17)11-8-5-4-6-9-12-22(24)25/h5,8,17-21,23H,2-4,6-7,9-16H2,1H3,(H,24,25)/b8-5+. The zero-order valence-electron chi connectivity index (χ0n) is 16.4. The van der Waals surface area contributed by atoms with Gasteiger partial charge in [0.2, 0.25) is 0 Å². The topological polar surface area (TPSA) is 66.8 Å². The normalized spacial score (nSPS) is 28.8. The summed E-state index contributed by atoms with van der Waals surface area (Å²) in [7, 11) is 0. The Balaban J connectivity index is 1.68. The van der Waals surface area contributed by atoms with Gasteiger partial charge >= 0.3 is 5.97 Å². The first-order chi connectivity index (χ1) is 12.6. The number of ether oxygens (including phenoxy) is 1. The number of carbonyl (C=O) groups is 1. The molecule has 5 atom stereocenters. The van der Waals surface area contributed by atoms with Crippen LogP contribution in [0.5, 0.6) is 0 Å². The molecular formula is C22H38O4. The fourth-order valence-electron chi connectivity index (χ4n) is 4.74. The number of rotatable bonds is 14. The molecule has 2 N–H and O–H groups in total. The molecule has 4 nitrogen and oxygen atoms in total. The van der Waals surface area contributed by atoms with Gasteiger partial charge in [-0.05, 0) is 69.1 Å². The van der Waals surface area contributed by atoms with E-state index in [1.54, 1.807) is 0 Å². The van der Waals surface area contributed by atoms with Crippen molar-refractivity contribution in [3.8, 4) is 0 Å². The summed E-state index contributed by atoms with van der Waals surface area (Å²) in [5.41, 5.74) is 0. The number of hydrogen-bond acceptors (Lipinski definition) is 3. The monoisotopic (exact) mass is 366 g/mol. The van der Waals surface area contributed by atoms with Crippen molar-refractivity contribution in [3.05, 3.63) is 12.2 Å². The van der Waals surface area contributed by atoms with Crippen LogP contribution in [0.3, 0.4) is 0 Å². The highest BCUT2D eigenvalue weighted by molar-refractivity contribution is 5.66. The molecule has 26 heavy (non-hydrogen) atoms. The van der Waals surface area contributed by atoms with E-state index in [2.05, 4.69) is 19.1 Å². The van der Waals surface area contributed by atoms with Gasteiger partial charge in [0.05, 0.1) is 18.8 Å². The van der Waals surface area contributed by atoms with Gasteiger partial charge in [0.15, 0.2) is 0 Å². The van der Waals surface area contributed by atoms with Crippen molar-refractivity contribution in [2.45, 2.75) is 96.2 Å². The van der Waals surface area contributed by atoms with Gasteiger partial charge in [-0.1, -0.05) is 38.3 Å². The number of fused-ring (bicyclic) bond motifs is 2. The van der Waals surface area contributed by atoms with Gasteiger partial charge in [-0.15, -0.1) is 0 Å². The van der Waals surface area contributed by atoms with E-state index < -0.39 is 5.97 Å². The Morgan fingerprint density at radius 3 is 2.77 bits per heavy atom. The number of aliphatic carboxylic acids is 1. The van der Waals surface area contributed by atoms with Crippen molar-refractivity contribution >= 4 is 5.97 Å². The Kier molecular flexibility index (Phi) is 9.69. The van der Waals surface area contributed by atoms with Crippen LogP contribution in [-0.2, 0) is 9.53 Å². The van der Waals surface area contributed by atoms with Crippen LogP contribution in [0.4, 0.5) is 0 Å². The Labute approximate surface area is 159 Å². The SMILES string of the molecule is CCCCCC(O)CCC1C2CC(CO2)C1C/C=C/CCCCC(=O)O. The van der Waals surface area contributed by atoms with Crippen LogP contribution < -0.4 is 0 Å². The third kappa shape index (κ3) is 7.03. The predicted molar refractivity (Wildman–Crippen MR) is 104 cm³/mol. The number of unbranched alkanes of at least 4 members (excludes halogenated alkanes) is 4. The molecule has 2 fully saturated rings. The molecule has 0 aromatic rings. The number of aliphatic hydroxyl groups is 1. The molecule has 1 aliphatic heterocycles. The molecule has 0 amide bonds. The molecule has 1 saturated heterocycles. The molecule has 1 aliphatic carbocycles. The van der Waals surface area contributed by atoms with E-state index in [4.69, 9.17) is 9.84 Å². The fourth-order valence-corrected chi connectivity index (χ4v) is 4.74. The lowest BCUT2D eigenvalue weighted by molar-refractivity contribution is -0.137. The van der Waals surface area contributed by atoms with E-state index in [-0.39, 0.29) is 12.5 Å². The first-order valence-corrected chi connectivity index (χ1v) is 10.8. The summed E-state index contributed by atoms with van der Waals surface area (Å²) in [6.45, 7) is 3.11. The third-order valence-corrected chi connectivity index (χ3v) is 6.25. The predicted octanol–water partition coefficient (Wildman–Crippen LogP) is 4.95. The van der Waals surface area contributed by atoms with E-state index in [0.717, 1.165) is 58.0 Å². The second-order valence-corrected chi connectivity index (χ2v) is 8.27. The van der Waals surface area contributed by atoms with Gasteiger partial charge in [-0.2, -0.15) is 0 Å². The molecule has 0 spiro atoms. The summed E-state index contributed by atoms with van der Waals surface area (Å²) in [6, 6.07) is 0. The minimum absolute atomic E-state index is 0.147. The maximum atomic E-state index is 10.5. The van der Waals surface area contributed by atoms with Crippen LogP contribution in [0.25, 0.3) is 0 Å². The van der Waals surface area contributed by atoms with Crippen molar-refractivity contribution < 1.29 is 19.7 Å². The lowest BCUT2D eigenvalue weighted by Gasteiger charge is -2.31. The molecule has 0 radical (unpaired) electrons. The Bertz CT molecular complexity index is 434. The second-order valence-electron chi connectivity index (χ2n) is 8.27. The summed E-state index contributed by atoms with van der Waals surface area (Å²) in [5, 5.41) is 18.9. The summed E-state index contributed by atoms with van der Waals surface area (Å²) in [6.07, 6.45) is 16.6. The van der Waals surface area contributed by atoms with E-state index >= 15 is 0 Å². The van der Waals surface area contributed by atoms with Gasteiger partial charge in [-0.3, -0.25) is 4.79 Å².